The Hall–Kier alpha value is -2.50. The summed E-state index contributed by atoms with van der Waals surface area (Å²) in [6.07, 6.45) is 3.73. The van der Waals surface area contributed by atoms with E-state index in [9.17, 15) is 9.18 Å². The van der Waals surface area contributed by atoms with E-state index in [0.717, 1.165) is 25.9 Å². The van der Waals surface area contributed by atoms with Crippen LogP contribution in [0.4, 0.5) is 10.3 Å². The fourth-order valence-corrected chi connectivity index (χ4v) is 2.91. The summed E-state index contributed by atoms with van der Waals surface area (Å²) < 4.78 is 13.6. The molecule has 1 unspecified atom stereocenters. The molecule has 24 heavy (non-hydrogen) atoms. The average Bonchev–Trinajstić information content (AvgIpc) is 2.61. The van der Waals surface area contributed by atoms with Gasteiger partial charge in [0.15, 0.2) is 0 Å². The lowest BCUT2D eigenvalue weighted by Crippen LogP contribution is -2.39. The van der Waals surface area contributed by atoms with Crippen LogP contribution in [0.1, 0.15) is 35.8 Å². The Bertz CT molecular complexity index is 722. The number of halogens is 1. The molecule has 0 bridgehead atoms. The molecule has 3 rings (SSSR count). The van der Waals surface area contributed by atoms with Gasteiger partial charge in [-0.2, -0.15) is 0 Å². The number of hydrogen-bond donors (Lipinski definition) is 1. The normalized spacial score (nSPS) is 17.6. The molecule has 1 fully saturated rings. The second-order valence-corrected chi connectivity index (χ2v) is 6.21. The van der Waals surface area contributed by atoms with Gasteiger partial charge in [-0.05, 0) is 30.9 Å². The summed E-state index contributed by atoms with van der Waals surface area (Å²) in [6.45, 7) is 3.96. The van der Waals surface area contributed by atoms with Gasteiger partial charge in [-0.15, -0.1) is 0 Å². The number of carbonyl (C=O) groups is 1. The van der Waals surface area contributed by atoms with Crippen molar-refractivity contribution in [2.75, 3.05) is 18.4 Å². The first-order valence-corrected chi connectivity index (χ1v) is 8.23. The van der Waals surface area contributed by atoms with Crippen molar-refractivity contribution in [3.63, 3.8) is 0 Å². The first kappa shape index (κ1) is 16.4. The van der Waals surface area contributed by atoms with E-state index in [1.165, 1.54) is 6.07 Å². The number of benzene rings is 1. The van der Waals surface area contributed by atoms with Gasteiger partial charge in [0, 0.05) is 31.4 Å². The Kier molecular flexibility index (Phi) is 5.03. The second-order valence-electron chi connectivity index (χ2n) is 6.21. The maximum Gasteiger partial charge on any atom is 0.272 e. The number of nitrogens with zero attached hydrogens (tertiary/aromatic N) is 3. The van der Waals surface area contributed by atoms with Crippen LogP contribution in [-0.2, 0) is 6.54 Å². The zero-order chi connectivity index (χ0) is 16.9. The molecule has 1 saturated heterocycles. The van der Waals surface area contributed by atoms with Crippen LogP contribution in [0.25, 0.3) is 0 Å². The standard InChI is InChI=1S/C18H21FN4O/c1-13-5-4-10-23(12-13)17(24)16-8-9-20-18(22-16)21-11-14-6-2-3-7-15(14)19/h2-3,6-9,13H,4-5,10-12H2,1H3,(H,20,21,22). The third-order valence-corrected chi connectivity index (χ3v) is 4.21. The fourth-order valence-electron chi connectivity index (χ4n) is 2.91. The molecule has 1 aliphatic heterocycles. The maximum atomic E-state index is 13.6. The number of piperidine rings is 1. The smallest absolute Gasteiger partial charge is 0.272 e. The summed E-state index contributed by atoms with van der Waals surface area (Å²) in [7, 11) is 0. The van der Waals surface area contributed by atoms with Gasteiger partial charge in [-0.25, -0.2) is 14.4 Å². The van der Waals surface area contributed by atoms with Crippen molar-refractivity contribution < 1.29 is 9.18 Å². The number of hydrogen-bond acceptors (Lipinski definition) is 4. The van der Waals surface area contributed by atoms with Crippen molar-refractivity contribution in [3.05, 3.63) is 53.6 Å². The molecule has 5 nitrogen and oxygen atoms in total. The maximum absolute atomic E-state index is 13.6. The van der Waals surface area contributed by atoms with Crippen molar-refractivity contribution in [1.82, 2.24) is 14.9 Å². The first-order chi connectivity index (χ1) is 11.6. The molecule has 1 aliphatic rings. The second kappa shape index (κ2) is 7.38. The highest BCUT2D eigenvalue weighted by Crippen LogP contribution is 2.17. The van der Waals surface area contributed by atoms with Gasteiger partial charge in [0.1, 0.15) is 11.5 Å². The van der Waals surface area contributed by atoms with Gasteiger partial charge in [-0.1, -0.05) is 25.1 Å². The Morgan fingerprint density at radius 3 is 3.00 bits per heavy atom. The van der Waals surface area contributed by atoms with E-state index in [-0.39, 0.29) is 18.3 Å². The van der Waals surface area contributed by atoms with Crippen LogP contribution < -0.4 is 5.32 Å². The van der Waals surface area contributed by atoms with Gasteiger partial charge in [0.2, 0.25) is 5.95 Å². The van der Waals surface area contributed by atoms with Gasteiger partial charge < -0.3 is 10.2 Å². The Labute approximate surface area is 140 Å². The predicted octanol–water partition coefficient (Wildman–Crippen LogP) is 3.10. The highest BCUT2D eigenvalue weighted by molar-refractivity contribution is 5.92. The summed E-state index contributed by atoms with van der Waals surface area (Å²) in [5.41, 5.74) is 0.901. The van der Waals surface area contributed by atoms with Crippen molar-refractivity contribution >= 4 is 11.9 Å². The molecule has 0 aliphatic carbocycles. The van der Waals surface area contributed by atoms with Gasteiger partial charge in [-0.3, -0.25) is 4.79 Å². The molecular formula is C18H21FN4O. The summed E-state index contributed by atoms with van der Waals surface area (Å²) in [5, 5.41) is 2.98. The van der Waals surface area contributed by atoms with Gasteiger partial charge in [0.05, 0.1) is 0 Å². The fraction of sp³-hybridized carbons (Fsp3) is 0.389. The SMILES string of the molecule is CC1CCCN(C(=O)c2ccnc(NCc3ccccc3F)n2)C1. The minimum Gasteiger partial charge on any atom is -0.350 e. The minimum atomic E-state index is -0.278. The van der Waals surface area contributed by atoms with Crippen LogP contribution >= 0.6 is 0 Å². The Morgan fingerprint density at radius 1 is 1.38 bits per heavy atom. The third kappa shape index (κ3) is 3.88. The van der Waals surface area contributed by atoms with Crippen molar-refractivity contribution in [3.8, 4) is 0 Å². The molecule has 126 valence electrons. The van der Waals surface area contributed by atoms with Crippen LogP contribution in [0.15, 0.2) is 36.5 Å². The molecule has 1 atom stereocenters. The van der Waals surface area contributed by atoms with E-state index in [1.807, 2.05) is 4.90 Å². The molecule has 1 aromatic heterocycles. The van der Waals surface area contributed by atoms with E-state index in [4.69, 9.17) is 0 Å². The quantitative estimate of drug-likeness (QED) is 0.937. The van der Waals surface area contributed by atoms with Crippen LogP contribution in [0, 0.1) is 11.7 Å². The third-order valence-electron chi connectivity index (χ3n) is 4.21. The minimum absolute atomic E-state index is 0.0714. The molecule has 2 heterocycles. The van der Waals surface area contributed by atoms with Gasteiger partial charge >= 0.3 is 0 Å². The molecule has 0 saturated carbocycles. The molecular weight excluding hydrogens is 307 g/mol. The van der Waals surface area contributed by atoms with Crippen LogP contribution in [0.2, 0.25) is 0 Å². The van der Waals surface area contributed by atoms with E-state index in [2.05, 4.69) is 22.2 Å². The molecule has 1 amide bonds. The van der Waals surface area contributed by atoms with Crippen molar-refractivity contribution in [1.29, 1.82) is 0 Å². The predicted molar refractivity (Wildman–Crippen MR) is 90.1 cm³/mol. The summed E-state index contributed by atoms with van der Waals surface area (Å²) >= 11 is 0. The van der Waals surface area contributed by atoms with Crippen LogP contribution in [0.5, 0.6) is 0 Å². The highest BCUT2D eigenvalue weighted by atomic mass is 19.1. The number of rotatable bonds is 4. The lowest BCUT2D eigenvalue weighted by Gasteiger charge is -2.30. The van der Waals surface area contributed by atoms with E-state index >= 15 is 0 Å². The topological polar surface area (TPSA) is 58.1 Å². The lowest BCUT2D eigenvalue weighted by atomic mass is 10.00. The zero-order valence-corrected chi connectivity index (χ0v) is 13.7. The number of amides is 1. The molecule has 0 radical (unpaired) electrons. The summed E-state index contributed by atoms with van der Waals surface area (Å²) in [4.78, 5) is 22.8. The molecule has 6 heteroatoms. The van der Waals surface area contributed by atoms with Crippen LogP contribution in [-0.4, -0.2) is 33.9 Å². The monoisotopic (exact) mass is 328 g/mol. The van der Waals surface area contributed by atoms with Crippen molar-refractivity contribution in [2.24, 2.45) is 5.92 Å². The van der Waals surface area contributed by atoms with E-state index < -0.39 is 0 Å². The van der Waals surface area contributed by atoms with Crippen LogP contribution in [0.3, 0.4) is 0 Å². The Balaban J connectivity index is 1.67. The summed E-state index contributed by atoms with van der Waals surface area (Å²) in [5.74, 6) is 0.495. The Morgan fingerprint density at radius 2 is 2.21 bits per heavy atom. The zero-order valence-electron chi connectivity index (χ0n) is 13.7. The highest BCUT2D eigenvalue weighted by Gasteiger charge is 2.23. The molecule has 1 aromatic carbocycles. The summed E-state index contributed by atoms with van der Waals surface area (Å²) in [6, 6.07) is 8.16. The van der Waals surface area contributed by atoms with E-state index in [0.29, 0.717) is 23.1 Å². The molecule has 1 N–H and O–H groups in total. The average molecular weight is 328 g/mol. The number of nitrogens with one attached hydrogen (secondary N) is 1. The number of carbonyl (C=O) groups excluding carboxylic acids is 1. The number of likely N-dealkylation sites (tertiary alicyclic amines) is 1. The number of anilines is 1. The lowest BCUT2D eigenvalue weighted by molar-refractivity contribution is 0.0677. The largest absolute Gasteiger partial charge is 0.350 e. The van der Waals surface area contributed by atoms with Crippen molar-refractivity contribution in [2.45, 2.75) is 26.3 Å². The van der Waals surface area contributed by atoms with E-state index in [1.54, 1.807) is 30.5 Å². The molecule has 0 spiro atoms. The first-order valence-electron chi connectivity index (χ1n) is 8.23. The van der Waals surface area contributed by atoms with Gasteiger partial charge in [0.25, 0.3) is 5.91 Å². The number of aromatic nitrogens is 2. The molecule has 2 aromatic rings.